The molecule has 0 saturated heterocycles. The molecular weight excluding hydrogens is 757 g/mol. The van der Waals surface area contributed by atoms with E-state index < -0.39 is 0 Å². The summed E-state index contributed by atoms with van der Waals surface area (Å²) in [5.74, 6) is 1.87. The highest BCUT2D eigenvalue weighted by Crippen LogP contribution is 2.40. The van der Waals surface area contributed by atoms with Crippen molar-refractivity contribution < 1.29 is 4.42 Å². The number of fused-ring (bicyclic) bond motifs is 6. The maximum absolute atomic E-state index is 6.43. The SMILES string of the molecule is c1ccc(-c2cc(-c3ccccc3)cc(-n3c4ccccc4c4cc(-c5ccc6oc7ccc(-c8nc(-c9ccccc9)nc(-c9ccccc9)n8)cc7c6c5)ccc43)c2)cc1. The molecule has 3 heterocycles. The third-order valence-corrected chi connectivity index (χ3v) is 11.8. The first-order chi connectivity index (χ1) is 30.7. The summed E-state index contributed by atoms with van der Waals surface area (Å²) in [6.45, 7) is 0. The highest BCUT2D eigenvalue weighted by molar-refractivity contribution is 6.12. The first kappa shape index (κ1) is 35.5. The molecule has 5 nitrogen and oxygen atoms in total. The van der Waals surface area contributed by atoms with Gasteiger partial charge in [-0.1, -0.05) is 152 Å². The van der Waals surface area contributed by atoms with E-state index in [2.05, 4.69) is 150 Å². The maximum Gasteiger partial charge on any atom is 0.164 e. The normalized spacial score (nSPS) is 11.5. The summed E-state index contributed by atoms with van der Waals surface area (Å²) >= 11 is 0. The maximum atomic E-state index is 6.43. The molecule has 0 aliphatic heterocycles. The Morgan fingerprint density at radius 3 is 1.26 bits per heavy atom. The first-order valence-corrected chi connectivity index (χ1v) is 20.8. The molecule has 0 bridgehead atoms. The largest absolute Gasteiger partial charge is 0.456 e. The molecule has 0 atom stereocenters. The van der Waals surface area contributed by atoms with E-state index in [0.29, 0.717) is 17.5 Å². The van der Waals surface area contributed by atoms with Crippen LogP contribution in [0.2, 0.25) is 0 Å². The molecule has 290 valence electrons. The summed E-state index contributed by atoms with van der Waals surface area (Å²) in [7, 11) is 0. The Bertz CT molecular complexity index is 3500. The van der Waals surface area contributed by atoms with Gasteiger partial charge >= 0.3 is 0 Å². The molecule has 12 aromatic rings. The lowest BCUT2D eigenvalue weighted by Crippen LogP contribution is -2.00. The molecule has 0 spiro atoms. The molecule has 0 amide bonds. The highest BCUT2D eigenvalue weighted by Gasteiger charge is 2.18. The molecule has 3 aromatic heterocycles. The summed E-state index contributed by atoms with van der Waals surface area (Å²) in [6.07, 6.45) is 0. The van der Waals surface area contributed by atoms with Crippen LogP contribution in [0.1, 0.15) is 0 Å². The van der Waals surface area contributed by atoms with Gasteiger partial charge in [0.15, 0.2) is 17.5 Å². The predicted octanol–water partition coefficient (Wildman–Crippen LogP) is 14.9. The van der Waals surface area contributed by atoms with E-state index in [1.54, 1.807) is 0 Å². The average Bonchev–Trinajstić information content (AvgIpc) is 3.89. The Kier molecular flexibility index (Phi) is 8.42. The summed E-state index contributed by atoms with van der Waals surface area (Å²) in [4.78, 5) is 14.9. The lowest BCUT2D eigenvalue weighted by Gasteiger charge is -2.14. The number of para-hydroxylation sites is 1. The fourth-order valence-electron chi connectivity index (χ4n) is 8.80. The monoisotopic (exact) mass is 792 g/mol. The fraction of sp³-hybridized carbons (Fsp3) is 0. The summed E-state index contributed by atoms with van der Waals surface area (Å²) < 4.78 is 8.84. The second kappa shape index (κ2) is 14.7. The van der Waals surface area contributed by atoms with Gasteiger partial charge in [0.05, 0.1) is 11.0 Å². The van der Waals surface area contributed by atoms with E-state index in [1.807, 2.05) is 72.8 Å². The zero-order valence-electron chi connectivity index (χ0n) is 33.5. The quantitative estimate of drug-likeness (QED) is 0.161. The van der Waals surface area contributed by atoms with Crippen LogP contribution in [0.3, 0.4) is 0 Å². The molecular formula is C57H36N4O. The Labute approximate surface area is 357 Å². The van der Waals surface area contributed by atoms with Crippen LogP contribution in [0.4, 0.5) is 0 Å². The zero-order valence-corrected chi connectivity index (χ0v) is 33.5. The molecule has 0 saturated carbocycles. The van der Waals surface area contributed by atoms with Crippen molar-refractivity contribution in [3.8, 4) is 73.2 Å². The molecule has 62 heavy (non-hydrogen) atoms. The topological polar surface area (TPSA) is 56.7 Å². The number of aromatic nitrogens is 4. The van der Waals surface area contributed by atoms with Crippen molar-refractivity contribution >= 4 is 43.7 Å². The van der Waals surface area contributed by atoms with Crippen molar-refractivity contribution in [3.05, 3.63) is 218 Å². The minimum absolute atomic E-state index is 0.608. The van der Waals surface area contributed by atoms with E-state index in [0.717, 1.165) is 66.5 Å². The third-order valence-electron chi connectivity index (χ3n) is 11.8. The van der Waals surface area contributed by atoms with Crippen molar-refractivity contribution in [2.75, 3.05) is 0 Å². The minimum Gasteiger partial charge on any atom is -0.456 e. The van der Waals surface area contributed by atoms with Gasteiger partial charge in [0.1, 0.15) is 11.2 Å². The van der Waals surface area contributed by atoms with E-state index in [9.17, 15) is 0 Å². The third kappa shape index (κ3) is 6.23. The predicted molar refractivity (Wildman–Crippen MR) is 254 cm³/mol. The zero-order chi connectivity index (χ0) is 41.0. The van der Waals surface area contributed by atoms with Gasteiger partial charge in [-0.3, -0.25) is 0 Å². The average molecular weight is 793 g/mol. The Hall–Kier alpha value is -8.41. The minimum atomic E-state index is 0.608. The lowest BCUT2D eigenvalue weighted by molar-refractivity contribution is 0.669. The van der Waals surface area contributed by atoms with Crippen molar-refractivity contribution in [1.29, 1.82) is 0 Å². The number of hydrogen-bond donors (Lipinski definition) is 0. The fourth-order valence-corrected chi connectivity index (χ4v) is 8.80. The van der Waals surface area contributed by atoms with Gasteiger partial charge in [-0.25, -0.2) is 15.0 Å². The summed E-state index contributed by atoms with van der Waals surface area (Å²) in [6, 6.07) is 76.6. The van der Waals surface area contributed by atoms with Crippen LogP contribution in [-0.2, 0) is 0 Å². The summed E-state index contributed by atoms with van der Waals surface area (Å²) in [5, 5.41) is 4.45. The van der Waals surface area contributed by atoms with Crippen LogP contribution in [0.15, 0.2) is 223 Å². The number of hydrogen-bond acceptors (Lipinski definition) is 4. The molecule has 0 N–H and O–H groups in total. The second-order valence-electron chi connectivity index (χ2n) is 15.6. The molecule has 0 radical (unpaired) electrons. The standard InChI is InChI=1S/C57H36N4O/c1-5-15-37(16-6-1)44-31-45(38-17-7-2-8-18-38)33-46(32-44)61-51-24-14-13-23-47(51)48-34-41(25-28-52(48)61)42-26-29-53-49(35-42)50-36-43(27-30-54(50)62-53)57-59-55(39-19-9-3-10-20-39)58-56(60-57)40-21-11-4-12-22-40/h1-36H. The van der Waals surface area contributed by atoms with Crippen LogP contribution in [0.25, 0.3) is 117 Å². The van der Waals surface area contributed by atoms with Crippen LogP contribution in [0.5, 0.6) is 0 Å². The number of rotatable bonds is 7. The van der Waals surface area contributed by atoms with Crippen molar-refractivity contribution in [3.63, 3.8) is 0 Å². The van der Waals surface area contributed by atoms with Crippen molar-refractivity contribution in [1.82, 2.24) is 19.5 Å². The smallest absolute Gasteiger partial charge is 0.164 e. The van der Waals surface area contributed by atoms with Crippen LogP contribution in [-0.4, -0.2) is 19.5 Å². The van der Waals surface area contributed by atoms with Crippen LogP contribution >= 0.6 is 0 Å². The molecule has 0 unspecified atom stereocenters. The molecule has 0 fully saturated rings. The van der Waals surface area contributed by atoms with Crippen LogP contribution in [0, 0.1) is 0 Å². The Morgan fingerprint density at radius 2 is 0.694 bits per heavy atom. The van der Waals surface area contributed by atoms with Gasteiger partial charge in [0.25, 0.3) is 0 Å². The molecule has 0 aliphatic carbocycles. The highest BCUT2D eigenvalue weighted by atomic mass is 16.3. The van der Waals surface area contributed by atoms with E-state index in [4.69, 9.17) is 19.4 Å². The number of benzene rings is 9. The van der Waals surface area contributed by atoms with Gasteiger partial charge in [-0.05, 0) is 100 Å². The van der Waals surface area contributed by atoms with Crippen molar-refractivity contribution in [2.24, 2.45) is 0 Å². The molecule has 9 aromatic carbocycles. The molecule has 12 rings (SSSR count). The van der Waals surface area contributed by atoms with E-state index in [-0.39, 0.29) is 0 Å². The molecule has 5 heteroatoms. The van der Waals surface area contributed by atoms with Gasteiger partial charge < -0.3 is 8.98 Å². The Balaban J connectivity index is 0.984. The van der Waals surface area contributed by atoms with Gasteiger partial charge in [0.2, 0.25) is 0 Å². The van der Waals surface area contributed by atoms with Crippen LogP contribution < -0.4 is 0 Å². The lowest BCUT2D eigenvalue weighted by atomic mass is 9.98. The second-order valence-corrected chi connectivity index (χ2v) is 15.6. The first-order valence-electron chi connectivity index (χ1n) is 20.8. The van der Waals surface area contributed by atoms with Gasteiger partial charge in [-0.2, -0.15) is 0 Å². The molecule has 0 aliphatic rings. The summed E-state index contributed by atoms with van der Waals surface area (Å²) in [5.41, 5.74) is 14.8. The number of nitrogens with zero attached hydrogens (tertiary/aromatic N) is 4. The Morgan fingerprint density at radius 1 is 0.274 bits per heavy atom. The van der Waals surface area contributed by atoms with E-state index in [1.165, 1.54) is 33.0 Å². The van der Waals surface area contributed by atoms with Crippen molar-refractivity contribution in [2.45, 2.75) is 0 Å². The van der Waals surface area contributed by atoms with E-state index >= 15 is 0 Å². The number of furan rings is 1. The van der Waals surface area contributed by atoms with Gasteiger partial charge in [-0.15, -0.1) is 0 Å². The van der Waals surface area contributed by atoms with Gasteiger partial charge in [0, 0.05) is 43.9 Å².